The van der Waals surface area contributed by atoms with Gasteiger partial charge in [-0.1, -0.05) is 54.4 Å². The van der Waals surface area contributed by atoms with Crippen molar-refractivity contribution in [3.05, 3.63) is 23.5 Å². The van der Waals surface area contributed by atoms with Crippen LogP contribution in [0.5, 0.6) is 0 Å². The van der Waals surface area contributed by atoms with E-state index in [1.54, 1.807) is 11.1 Å². The number of hydrogen-bond acceptors (Lipinski definition) is 0. The summed E-state index contributed by atoms with van der Waals surface area (Å²) in [5, 5.41) is 0. The van der Waals surface area contributed by atoms with Crippen molar-refractivity contribution in [2.75, 3.05) is 0 Å². The zero-order valence-corrected chi connectivity index (χ0v) is 17.5. The molecule has 6 atom stereocenters. The van der Waals surface area contributed by atoms with Crippen LogP contribution >= 0.6 is 0 Å². The smallest absolute Gasteiger partial charge is 0.00432 e. The second-order valence-electron chi connectivity index (χ2n) is 10.2. The molecule has 1 heteroatoms. The molecule has 0 spiro atoms. The van der Waals surface area contributed by atoms with Crippen LogP contribution in [0.3, 0.4) is 0 Å². The minimum absolute atomic E-state index is 0.773. The first-order chi connectivity index (χ1) is 11.9. The summed E-state index contributed by atoms with van der Waals surface area (Å²) < 4.78 is 0. The number of H-pyrrole nitrogens is 1. The summed E-state index contributed by atoms with van der Waals surface area (Å²) in [5.74, 6) is 6.64. The number of aromatic nitrogens is 1. The molecule has 1 N–H and O–H groups in total. The van der Waals surface area contributed by atoms with Crippen LogP contribution in [0.4, 0.5) is 0 Å². The van der Waals surface area contributed by atoms with E-state index in [1.165, 1.54) is 38.5 Å². The Hall–Kier alpha value is -0.720. The maximum absolute atomic E-state index is 3.54. The van der Waals surface area contributed by atoms with Crippen LogP contribution in [0.15, 0.2) is 12.4 Å². The van der Waals surface area contributed by atoms with E-state index < -0.39 is 0 Å². The lowest BCUT2D eigenvalue weighted by Crippen LogP contribution is -2.29. The number of rotatable bonds is 4. The van der Waals surface area contributed by atoms with Gasteiger partial charge in [-0.2, -0.15) is 0 Å². The average Bonchev–Trinajstić information content (AvgIpc) is 3.03. The maximum atomic E-state index is 3.54. The van der Waals surface area contributed by atoms with E-state index >= 15 is 0 Å². The van der Waals surface area contributed by atoms with Gasteiger partial charge in [0, 0.05) is 12.4 Å². The van der Waals surface area contributed by atoms with Crippen LogP contribution in [-0.2, 0) is 0 Å². The van der Waals surface area contributed by atoms with E-state index in [0.29, 0.717) is 0 Å². The Morgan fingerprint density at radius 2 is 1.12 bits per heavy atom. The Kier molecular flexibility index (Phi) is 6.01. The molecule has 0 radical (unpaired) electrons. The molecular weight excluding hydrogens is 302 g/mol. The van der Waals surface area contributed by atoms with Crippen molar-refractivity contribution >= 4 is 0 Å². The van der Waals surface area contributed by atoms with Gasteiger partial charge in [-0.25, -0.2) is 0 Å². The van der Waals surface area contributed by atoms with E-state index in [-0.39, 0.29) is 0 Å². The summed E-state index contributed by atoms with van der Waals surface area (Å²) in [6.07, 6.45) is 13.2. The zero-order valence-electron chi connectivity index (χ0n) is 17.5. The molecule has 0 aromatic carbocycles. The Labute approximate surface area is 156 Å². The van der Waals surface area contributed by atoms with Gasteiger partial charge in [0.05, 0.1) is 0 Å². The van der Waals surface area contributed by atoms with Crippen LogP contribution in [0.1, 0.15) is 103 Å². The topological polar surface area (TPSA) is 15.8 Å². The fraction of sp³-hybridized carbons (Fsp3) is 0.833. The minimum atomic E-state index is 0.773. The van der Waals surface area contributed by atoms with Crippen molar-refractivity contribution in [1.82, 2.24) is 4.98 Å². The fourth-order valence-electron chi connectivity index (χ4n) is 6.15. The van der Waals surface area contributed by atoms with Gasteiger partial charge in [-0.15, -0.1) is 0 Å². The van der Waals surface area contributed by atoms with Crippen molar-refractivity contribution in [3.63, 3.8) is 0 Å². The van der Waals surface area contributed by atoms with Crippen molar-refractivity contribution < 1.29 is 0 Å². The van der Waals surface area contributed by atoms with Gasteiger partial charge in [-0.3, -0.25) is 0 Å². The van der Waals surface area contributed by atoms with E-state index in [4.69, 9.17) is 0 Å². The molecule has 2 fully saturated rings. The average molecular weight is 344 g/mol. The molecule has 6 unspecified atom stereocenters. The first kappa shape index (κ1) is 19.1. The van der Waals surface area contributed by atoms with Gasteiger partial charge >= 0.3 is 0 Å². The second kappa shape index (κ2) is 7.89. The lowest BCUT2D eigenvalue weighted by Gasteiger charge is -2.41. The molecular formula is C24H41N. The Balaban J connectivity index is 1.92. The lowest BCUT2D eigenvalue weighted by atomic mass is 9.63. The van der Waals surface area contributed by atoms with E-state index in [1.807, 2.05) is 0 Å². The molecule has 2 aliphatic carbocycles. The predicted molar refractivity (Wildman–Crippen MR) is 109 cm³/mol. The third-order valence-electron chi connectivity index (χ3n) is 7.65. The van der Waals surface area contributed by atoms with Crippen LogP contribution in [0.2, 0.25) is 0 Å². The molecule has 2 saturated carbocycles. The molecule has 0 saturated heterocycles. The van der Waals surface area contributed by atoms with Gasteiger partial charge in [-0.05, 0) is 84.2 Å². The van der Waals surface area contributed by atoms with Gasteiger partial charge in [0.15, 0.2) is 0 Å². The van der Waals surface area contributed by atoms with Crippen molar-refractivity contribution in [3.8, 4) is 0 Å². The van der Waals surface area contributed by atoms with Crippen LogP contribution < -0.4 is 0 Å². The van der Waals surface area contributed by atoms with Crippen LogP contribution in [0, 0.1) is 35.5 Å². The fourth-order valence-corrected chi connectivity index (χ4v) is 6.15. The summed E-state index contributed by atoms with van der Waals surface area (Å²) >= 11 is 0. The molecule has 0 aliphatic heterocycles. The molecule has 25 heavy (non-hydrogen) atoms. The largest absolute Gasteiger partial charge is 0.367 e. The van der Waals surface area contributed by atoms with E-state index in [2.05, 4.69) is 58.9 Å². The van der Waals surface area contributed by atoms with E-state index in [9.17, 15) is 0 Å². The number of nitrogens with one attached hydrogen (secondary N) is 1. The molecule has 1 heterocycles. The number of hydrogen-bond donors (Lipinski definition) is 1. The Bertz CT molecular complexity index is 494. The highest BCUT2D eigenvalue weighted by molar-refractivity contribution is 5.33. The summed E-state index contributed by atoms with van der Waals surface area (Å²) in [5.41, 5.74) is 3.38. The Morgan fingerprint density at radius 1 is 0.720 bits per heavy atom. The van der Waals surface area contributed by atoms with Gasteiger partial charge in [0.1, 0.15) is 0 Å². The van der Waals surface area contributed by atoms with Gasteiger partial charge in [0.2, 0.25) is 0 Å². The summed E-state index contributed by atoms with van der Waals surface area (Å²) in [4.78, 5) is 3.54. The van der Waals surface area contributed by atoms with Crippen molar-refractivity contribution in [2.45, 2.75) is 91.9 Å². The van der Waals surface area contributed by atoms with Gasteiger partial charge in [0.25, 0.3) is 0 Å². The van der Waals surface area contributed by atoms with E-state index in [0.717, 1.165) is 47.3 Å². The molecule has 1 aromatic rings. The highest BCUT2D eigenvalue weighted by Gasteiger charge is 2.38. The second-order valence-corrected chi connectivity index (χ2v) is 10.2. The first-order valence-electron chi connectivity index (χ1n) is 11.0. The molecule has 0 amide bonds. The highest BCUT2D eigenvalue weighted by atomic mass is 14.7. The molecule has 2 aliphatic rings. The third-order valence-corrected chi connectivity index (χ3v) is 7.65. The molecule has 142 valence electrons. The minimum Gasteiger partial charge on any atom is -0.367 e. The first-order valence-corrected chi connectivity index (χ1v) is 11.0. The predicted octanol–water partition coefficient (Wildman–Crippen LogP) is 7.37. The summed E-state index contributed by atoms with van der Waals surface area (Å²) in [7, 11) is 0. The lowest BCUT2D eigenvalue weighted by molar-refractivity contribution is 0.183. The quantitative estimate of drug-likeness (QED) is 0.587. The normalized spacial score (nSPS) is 37.0. The van der Waals surface area contributed by atoms with Crippen molar-refractivity contribution in [1.29, 1.82) is 0 Å². The molecule has 1 nitrogen and oxygen atoms in total. The van der Waals surface area contributed by atoms with Crippen molar-refractivity contribution in [2.24, 2.45) is 35.5 Å². The van der Waals surface area contributed by atoms with Crippen LogP contribution in [0.25, 0.3) is 0 Å². The standard InChI is InChI=1S/C24H41N/c1-15(2)19-9-7-17(5)11-21(19)23-13-25-14-24(23)22-12-18(6)8-10-20(22)16(3)4/h13-22,25H,7-12H2,1-6H3. The maximum Gasteiger partial charge on any atom is 0.00432 e. The molecule has 0 bridgehead atoms. The molecule has 1 aromatic heterocycles. The number of aromatic amines is 1. The zero-order chi connectivity index (χ0) is 18.1. The monoisotopic (exact) mass is 343 g/mol. The van der Waals surface area contributed by atoms with Crippen LogP contribution in [-0.4, -0.2) is 4.98 Å². The summed E-state index contributed by atoms with van der Waals surface area (Å²) in [6, 6.07) is 0. The third kappa shape index (κ3) is 4.01. The SMILES string of the molecule is CC1CCC(C(C)C)C(c2c[nH]cc2C2CC(C)CCC2C(C)C)C1. The van der Waals surface area contributed by atoms with Gasteiger partial charge < -0.3 is 4.98 Å². The highest BCUT2D eigenvalue weighted by Crippen LogP contribution is 2.50. The summed E-state index contributed by atoms with van der Waals surface area (Å²) in [6.45, 7) is 14.7. The Morgan fingerprint density at radius 3 is 1.48 bits per heavy atom. The molecule has 3 rings (SSSR count).